The van der Waals surface area contributed by atoms with E-state index in [0.717, 1.165) is 12.8 Å². The molecule has 0 amide bonds. The van der Waals surface area contributed by atoms with Crippen LogP contribution in [0.3, 0.4) is 0 Å². The standard InChI is InChI=1S/C8H16O2S/c1-4-8(3,11)5-6-10-7(2)9/h11H,4-6H2,1-3H3. The molecule has 0 rings (SSSR count). The van der Waals surface area contributed by atoms with Gasteiger partial charge in [-0.1, -0.05) is 13.8 Å². The first-order valence-electron chi connectivity index (χ1n) is 3.83. The molecule has 0 aromatic heterocycles. The van der Waals surface area contributed by atoms with E-state index in [2.05, 4.69) is 19.6 Å². The first-order chi connectivity index (χ1) is 4.98. The largest absolute Gasteiger partial charge is 0.466 e. The Hall–Kier alpha value is -0.180. The van der Waals surface area contributed by atoms with Gasteiger partial charge in [0.25, 0.3) is 0 Å². The van der Waals surface area contributed by atoms with Gasteiger partial charge in [-0.2, -0.15) is 12.6 Å². The van der Waals surface area contributed by atoms with Gasteiger partial charge in [-0.05, 0) is 12.8 Å². The highest BCUT2D eigenvalue weighted by Gasteiger charge is 2.15. The van der Waals surface area contributed by atoms with Crippen LogP contribution in [-0.4, -0.2) is 17.3 Å². The smallest absolute Gasteiger partial charge is 0.302 e. The molecular weight excluding hydrogens is 160 g/mol. The van der Waals surface area contributed by atoms with E-state index in [1.54, 1.807) is 0 Å². The zero-order valence-electron chi connectivity index (χ0n) is 7.39. The topological polar surface area (TPSA) is 26.3 Å². The lowest BCUT2D eigenvalue weighted by atomic mass is 10.1. The van der Waals surface area contributed by atoms with Crippen molar-refractivity contribution in [3.63, 3.8) is 0 Å². The number of carbonyl (C=O) groups is 1. The average molecular weight is 176 g/mol. The number of carbonyl (C=O) groups excluding carboxylic acids is 1. The minimum absolute atomic E-state index is 0.00451. The molecule has 1 atom stereocenters. The van der Waals surface area contributed by atoms with Crippen molar-refractivity contribution >= 4 is 18.6 Å². The maximum atomic E-state index is 10.4. The Labute approximate surface area is 73.7 Å². The highest BCUT2D eigenvalue weighted by Crippen LogP contribution is 2.21. The van der Waals surface area contributed by atoms with Gasteiger partial charge in [-0.15, -0.1) is 0 Å². The number of hydrogen-bond acceptors (Lipinski definition) is 3. The summed E-state index contributed by atoms with van der Waals surface area (Å²) in [5, 5.41) is 0. The van der Waals surface area contributed by atoms with Crippen LogP contribution < -0.4 is 0 Å². The molecule has 1 unspecified atom stereocenters. The van der Waals surface area contributed by atoms with Crippen molar-refractivity contribution < 1.29 is 9.53 Å². The van der Waals surface area contributed by atoms with Gasteiger partial charge in [0.05, 0.1) is 6.61 Å². The van der Waals surface area contributed by atoms with E-state index in [-0.39, 0.29) is 10.7 Å². The predicted octanol–water partition coefficient (Wildman–Crippen LogP) is 2.04. The van der Waals surface area contributed by atoms with Crippen molar-refractivity contribution in [3.8, 4) is 0 Å². The van der Waals surface area contributed by atoms with Gasteiger partial charge in [0.2, 0.25) is 0 Å². The van der Waals surface area contributed by atoms with Crippen molar-refractivity contribution in [3.05, 3.63) is 0 Å². The summed E-state index contributed by atoms with van der Waals surface area (Å²) in [6.45, 7) is 6.01. The Bertz CT molecular complexity index is 132. The van der Waals surface area contributed by atoms with Gasteiger partial charge >= 0.3 is 5.97 Å². The summed E-state index contributed by atoms with van der Waals surface area (Å²) >= 11 is 4.40. The molecule has 0 spiro atoms. The van der Waals surface area contributed by atoms with E-state index in [1.807, 2.05) is 6.92 Å². The molecule has 0 aliphatic heterocycles. The molecule has 0 N–H and O–H groups in total. The van der Waals surface area contributed by atoms with E-state index < -0.39 is 0 Å². The monoisotopic (exact) mass is 176 g/mol. The van der Waals surface area contributed by atoms with Gasteiger partial charge in [0, 0.05) is 11.7 Å². The highest BCUT2D eigenvalue weighted by molar-refractivity contribution is 7.81. The fourth-order valence-electron chi connectivity index (χ4n) is 0.591. The Kier molecular flexibility index (Phi) is 4.57. The summed E-state index contributed by atoms with van der Waals surface area (Å²) in [6.07, 6.45) is 1.80. The number of thiol groups is 1. The van der Waals surface area contributed by atoms with Crippen LogP contribution in [0.25, 0.3) is 0 Å². The van der Waals surface area contributed by atoms with Crippen LogP contribution in [0.15, 0.2) is 0 Å². The van der Waals surface area contributed by atoms with Crippen LogP contribution >= 0.6 is 12.6 Å². The van der Waals surface area contributed by atoms with Gasteiger partial charge in [0.15, 0.2) is 0 Å². The SMILES string of the molecule is CCC(C)(S)CCOC(C)=O. The third kappa shape index (κ3) is 6.23. The summed E-state index contributed by atoms with van der Waals surface area (Å²) in [5.41, 5.74) is 0. The lowest BCUT2D eigenvalue weighted by Gasteiger charge is -2.20. The molecule has 2 nitrogen and oxygen atoms in total. The Balaban J connectivity index is 3.45. The van der Waals surface area contributed by atoms with Crippen LogP contribution in [-0.2, 0) is 9.53 Å². The third-order valence-electron chi connectivity index (χ3n) is 1.71. The first-order valence-corrected chi connectivity index (χ1v) is 4.28. The van der Waals surface area contributed by atoms with Crippen molar-refractivity contribution in [2.24, 2.45) is 0 Å². The number of esters is 1. The Morgan fingerprint density at radius 3 is 2.55 bits per heavy atom. The average Bonchev–Trinajstić information content (AvgIpc) is 1.87. The summed E-state index contributed by atoms with van der Waals surface area (Å²) < 4.78 is 4.79. The highest BCUT2D eigenvalue weighted by atomic mass is 32.1. The summed E-state index contributed by atoms with van der Waals surface area (Å²) in [4.78, 5) is 10.4. The second kappa shape index (κ2) is 4.65. The van der Waals surface area contributed by atoms with Gasteiger partial charge in [-0.3, -0.25) is 4.79 Å². The van der Waals surface area contributed by atoms with Gasteiger partial charge in [-0.25, -0.2) is 0 Å². The summed E-state index contributed by atoms with van der Waals surface area (Å²) in [5.74, 6) is -0.217. The molecule has 66 valence electrons. The fourth-order valence-corrected chi connectivity index (χ4v) is 0.683. The van der Waals surface area contributed by atoms with Crippen molar-refractivity contribution in [1.82, 2.24) is 0 Å². The second-order valence-electron chi connectivity index (χ2n) is 2.94. The molecule has 0 aliphatic carbocycles. The van der Waals surface area contributed by atoms with Gasteiger partial charge < -0.3 is 4.74 Å². The molecule has 0 radical (unpaired) electrons. The molecule has 0 aromatic carbocycles. The van der Waals surface area contributed by atoms with Crippen LogP contribution in [0.2, 0.25) is 0 Å². The quantitative estimate of drug-likeness (QED) is 0.524. The van der Waals surface area contributed by atoms with Crippen molar-refractivity contribution in [2.45, 2.75) is 38.4 Å². The van der Waals surface area contributed by atoms with E-state index in [4.69, 9.17) is 4.74 Å². The minimum atomic E-state index is -0.217. The zero-order valence-corrected chi connectivity index (χ0v) is 8.28. The maximum absolute atomic E-state index is 10.4. The van der Waals surface area contributed by atoms with E-state index in [1.165, 1.54) is 6.92 Å². The predicted molar refractivity (Wildman–Crippen MR) is 48.9 cm³/mol. The van der Waals surface area contributed by atoms with Gasteiger partial charge in [0.1, 0.15) is 0 Å². The molecule has 0 saturated carbocycles. The normalized spacial score (nSPS) is 15.6. The van der Waals surface area contributed by atoms with E-state index in [9.17, 15) is 4.79 Å². The second-order valence-corrected chi connectivity index (χ2v) is 4.02. The number of ether oxygens (including phenoxy) is 1. The molecule has 0 bridgehead atoms. The maximum Gasteiger partial charge on any atom is 0.302 e. The summed E-state index contributed by atoms with van der Waals surface area (Å²) in [7, 11) is 0. The summed E-state index contributed by atoms with van der Waals surface area (Å²) in [6, 6.07) is 0. The first kappa shape index (κ1) is 10.8. The molecule has 0 aliphatic rings. The van der Waals surface area contributed by atoms with Crippen molar-refractivity contribution in [1.29, 1.82) is 0 Å². The lowest BCUT2D eigenvalue weighted by molar-refractivity contribution is -0.141. The molecule has 0 saturated heterocycles. The number of rotatable bonds is 4. The molecular formula is C8H16O2S. The van der Waals surface area contributed by atoms with Crippen molar-refractivity contribution in [2.75, 3.05) is 6.61 Å². The van der Waals surface area contributed by atoms with Crippen LogP contribution in [0, 0.1) is 0 Å². The van der Waals surface area contributed by atoms with E-state index >= 15 is 0 Å². The van der Waals surface area contributed by atoms with Crippen LogP contribution in [0.1, 0.15) is 33.6 Å². The lowest BCUT2D eigenvalue weighted by Crippen LogP contribution is -2.18. The molecule has 11 heavy (non-hydrogen) atoms. The fraction of sp³-hybridized carbons (Fsp3) is 0.875. The molecule has 0 fully saturated rings. The molecule has 0 heterocycles. The zero-order chi connectivity index (χ0) is 8.91. The minimum Gasteiger partial charge on any atom is -0.466 e. The van der Waals surface area contributed by atoms with Crippen LogP contribution in [0.5, 0.6) is 0 Å². The Morgan fingerprint density at radius 2 is 2.18 bits per heavy atom. The molecule has 3 heteroatoms. The third-order valence-corrected chi connectivity index (χ3v) is 2.25. The van der Waals surface area contributed by atoms with E-state index in [0.29, 0.717) is 6.61 Å². The number of hydrogen-bond donors (Lipinski definition) is 1. The molecule has 0 aromatic rings. The Morgan fingerprint density at radius 1 is 1.64 bits per heavy atom. The van der Waals surface area contributed by atoms with Crippen LogP contribution in [0.4, 0.5) is 0 Å².